The van der Waals surface area contributed by atoms with E-state index in [1.54, 1.807) is 12.1 Å². The summed E-state index contributed by atoms with van der Waals surface area (Å²) >= 11 is 6.16. The van der Waals surface area contributed by atoms with Crippen LogP contribution in [0.25, 0.3) is 22.1 Å². The second-order valence-electron chi connectivity index (χ2n) is 10.6. The highest BCUT2D eigenvalue weighted by molar-refractivity contribution is 6.31. The van der Waals surface area contributed by atoms with Gasteiger partial charge in [0.25, 0.3) is 0 Å². The molecule has 0 saturated carbocycles. The molecule has 10 heteroatoms. The van der Waals surface area contributed by atoms with E-state index in [0.717, 1.165) is 5.39 Å². The summed E-state index contributed by atoms with van der Waals surface area (Å²) in [5, 5.41) is 7.07. The molecule has 1 fully saturated rings. The van der Waals surface area contributed by atoms with E-state index < -0.39 is 17.1 Å². The van der Waals surface area contributed by atoms with Gasteiger partial charge in [-0.15, -0.1) is 0 Å². The molecule has 0 spiro atoms. The monoisotopic (exact) mass is 487 g/mol. The van der Waals surface area contributed by atoms with Gasteiger partial charge in [0, 0.05) is 35.0 Å². The summed E-state index contributed by atoms with van der Waals surface area (Å²) in [6.07, 6.45) is 0.254. The molecule has 34 heavy (non-hydrogen) atoms. The quantitative estimate of drug-likeness (QED) is 0.527. The molecule has 2 amide bonds. The van der Waals surface area contributed by atoms with Gasteiger partial charge in [0.1, 0.15) is 16.7 Å². The van der Waals surface area contributed by atoms with Crippen LogP contribution in [-0.2, 0) is 9.53 Å². The molecule has 1 unspecified atom stereocenters. The number of anilines is 2. The first kappa shape index (κ1) is 24.1. The highest BCUT2D eigenvalue weighted by Crippen LogP contribution is 2.36. The highest BCUT2D eigenvalue weighted by Gasteiger charge is 2.31. The number of alkyl carbamates (subject to hydrolysis) is 1. The molecule has 2 aromatic heterocycles. The average Bonchev–Trinajstić information content (AvgIpc) is 3.29. The Balaban J connectivity index is 1.69. The number of halogens is 1. The zero-order valence-electron chi connectivity index (χ0n) is 20.3. The third kappa shape index (κ3) is 5.19. The number of hydrogen-bond donors (Lipinski definition) is 2. The second-order valence-corrected chi connectivity index (χ2v) is 11.0. The van der Waals surface area contributed by atoms with Gasteiger partial charge in [-0.05, 0) is 39.3 Å². The number of hydrogen-bond acceptors (Lipinski definition) is 7. The van der Waals surface area contributed by atoms with Crippen LogP contribution in [0.4, 0.5) is 16.6 Å². The maximum Gasteiger partial charge on any atom is 0.407 e. The lowest BCUT2D eigenvalue weighted by atomic mass is 9.96. The zero-order chi connectivity index (χ0) is 24.8. The molecule has 1 atom stereocenters. The van der Waals surface area contributed by atoms with Gasteiger partial charge < -0.3 is 19.4 Å². The molecule has 1 aliphatic heterocycles. The zero-order valence-corrected chi connectivity index (χ0v) is 21.0. The predicted molar refractivity (Wildman–Crippen MR) is 132 cm³/mol. The third-order valence-corrected chi connectivity index (χ3v) is 5.61. The van der Waals surface area contributed by atoms with Crippen molar-refractivity contribution in [3.8, 4) is 0 Å². The Morgan fingerprint density at radius 1 is 1.18 bits per heavy atom. The lowest BCUT2D eigenvalue weighted by Crippen LogP contribution is -2.40. The Labute approximate surface area is 203 Å². The first-order valence-electron chi connectivity index (χ1n) is 11.3. The van der Waals surface area contributed by atoms with E-state index in [2.05, 4.69) is 20.6 Å². The number of ether oxygens (including phenoxy) is 1. The van der Waals surface area contributed by atoms with E-state index >= 15 is 0 Å². The fraction of sp³-hybridized carbons (Fsp3) is 0.500. The van der Waals surface area contributed by atoms with Crippen LogP contribution in [-0.4, -0.2) is 46.7 Å². The Bertz CT molecular complexity index is 1260. The van der Waals surface area contributed by atoms with Crippen molar-refractivity contribution < 1.29 is 18.7 Å². The van der Waals surface area contributed by atoms with Crippen molar-refractivity contribution in [2.45, 2.75) is 59.6 Å². The molecule has 1 saturated heterocycles. The van der Waals surface area contributed by atoms with Crippen molar-refractivity contribution in [2.75, 3.05) is 23.3 Å². The standard InChI is InChI=1S/C24H30ClN5O4/c1-23(2,3)20(31)29-21-27-17-15-8-7-13(25)11-16(15)33-18(17)19(28-21)30-10-9-14(12-30)26-22(32)34-24(4,5)6/h7-8,11,14H,9-10,12H2,1-6H3,(H,26,32)(H,27,28,29,31). The molecule has 1 aromatic carbocycles. The van der Waals surface area contributed by atoms with Gasteiger partial charge in [-0.25, -0.2) is 9.78 Å². The van der Waals surface area contributed by atoms with Crippen LogP contribution in [0.1, 0.15) is 48.0 Å². The molecule has 4 rings (SSSR count). The van der Waals surface area contributed by atoms with Gasteiger partial charge in [-0.2, -0.15) is 4.98 Å². The highest BCUT2D eigenvalue weighted by atomic mass is 35.5. The fourth-order valence-corrected chi connectivity index (χ4v) is 3.87. The Hall–Kier alpha value is -3.07. The van der Waals surface area contributed by atoms with Gasteiger partial charge in [-0.1, -0.05) is 32.4 Å². The van der Waals surface area contributed by atoms with Crippen LogP contribution in [0, 0.1) is 5.41 Å². The first-order valence-corrected chi connectivity index (χ1v) is 11.6. The number of nitrogens with zero attached hydrogens (tertiary/aromatic N) is 3. The second kappa shape index (κ2) is 8.61. The van der Waals surface area contributed by atoms with E-state index in [4.69, 9.17) is 20.8 Å². The first-order chi connectivity index (χ1) is 15.8. The normalized spacial score (nSPS) is 16.8. The van der Waals surface area contributed by atoms with Gasteiger partial charge in [0.15, 0.2) is 11.4 Å². The van der Waals surface area contributed by atoms with Crippen molar-refractivity contribution in [2.24, 2.45) is 5.41 Å². The molecule has 1 aliphatic rings. The van der Waals surface area contributed by atoms with E-state index in [-0.39, 0.29) is 17.9 Å². The smallest absolute Gasteiger partial charge is 0.407 e. The summed E-state index contributed by atoms with van der Waals surface area (Å²) < 4.78 is 11.5. The van der Waals surface area contributed by atoms with Crippen LogP contribution >= 0.6 is 11.6 Å². The minimum atomic E-state index is -0.611. The Morgan fingerprint density at radius 2 is 1.91 bits per heavy atom. The predicted octanol–water partition coefficient (Wildman–Crippen LogP) is 5.12. The van der Waals surface area contributed by atoms with Crippen molar-refractivity contribution in [3.63, 3.8) is 0 Å². The Morgan fingerprint density at radius 3 is 2.59 bits per heavy atom. The van der Waals surface area contributed by atoms with Crippen LogP contribution in [0.15, 0.2) is 22.6 Å². The topological polar surface area (TPSA) is 110 Å². The number of benzene rings is 1. The average molecular weight is 488 g/mol. The van der Waals surface area contributed by atoms with E-state index in [1.807, 2.05) is 52.5 Å². The maximum atomic E-state index is 12.6. The lowest BCUT2D eigenvalue weighted by molar-refractivity contribution is -0.123. The molecule has 0 aliphatic carbocycles. The molecule has 9 nitrogen and oxygen atoms in total. The van der Waals surface area contributed by atoms with Crippen LogP contribution < -0.4 is 15.5 Å². The summed E-state index contributed by atoms with van der Waals surface area (Å²) in [6.45, 7) is 12.1. The number of amides is 2. The third-order valence-electron chi connectivity index (χ3n) is 5.37. The van der Waals surface area contributed by atoms with Gasteiger partial charge in [-0.3, -0.25) is 10.1 Å². The summed E-state index contributed by atoms with van der Waals surface area (Å²) in [7, 11) is 0. The SMILES string of the molecule is CC(C)(C)OC(=O)NC1CCN(c2nc(NC(=O)C(C)(C)C)nc3c2oc2cc(Cl)ccc23)C1. The molecule has 0 radical (unpaired) electrons. The van der Waals surface area contributed by atoms with Gasteiger partial charge in [0.05, 0.1) is 6.04 Å². The van der Waals surface area contributed by atoms with E-state index in [0.29, 0.717) is 47.0 Å². The maximum absolute atomic E-state index is 12.6. The van der Waals surface area contributed by atoms with Gasteiger partial charge >= 0.3 is 6.09 Å². The van der Waals surface area contributed by atoms with Crippen LogP contribution in [0.3, 0.4) is 0 Å². The number of furan rings is 1. The number of carbonyl (C=O) groups is 2. The molecular weight excluding hydrogens is 458 g/mol. The number of aromatic nitrogens is 2. The van der Waals surface area contributed by atoms with E-state index in [9.17, 15) is 9.59 Å². The lowest BCUT2D eigenvalue weighted by Gasteiger charge is -2.22. The Kier molecular flexibility index (Phi) is 6.10. The summed E-state index contributed by atoms with van der Waals surface area (Å²) in [4.78, 5) is 36.1. The van der Waals surface area contributed by atoms with Crippen LogP contribution in [0.2, 0.25) is 5.02 Å². The molecule has 182 valence electrons. The van der Waals surface area contributed by atoms with Crippen LogP contribution in [0.5, 0.6) is 0 Å². The molecule has 3 aromatic rings. The molecule has 2 N–H and O–H groups in total. The van der Waals surface area contributed by atoms with Crippen molar-refractivity contribution in [1.82, 2.24) is 15.3 Å². The number of rotatable bonds is 3. The summed E-state index contributed by atoms with van der Waals surface area (Å²) in [6, 6.07) is 5.22. The van der Waals surface area contributed by atoms with Crippen molar-refractivity contribution >= 4 is 57.4 Å². The number of nitrogens with one attached hydrogen (secondary N) is 2. The van der Waals surface area contributed by atoms with E-state index in [1.165, 1.54) is 0 Å². The van der Waals surface area contributed by atoms with Gasteiger partial charge in [0.2, 0.25) is 11.9 Å². The minimum absolute atomic E-state index is 0.119. The van der Waals surface area contributed by atoms with Crippen molar-refractivity contribution in [1.29, 1.82) is 0 Å². The van der Waals surface area contributed by atoms with Crippen molar-refractivity contribution in [3.05, 3.63) is 23.2 Å². The fourth-order valence-electron chi connectivity index (χ4n) is 3.71. The summed E-state index contributed by atoms with van der Waals surface area (Å²) in [5.41, 5.74) is 0.491. The number of fused-ring (bicyclic) bond motifs is 3. The minimum Gasteiger partial charge on any atom is -0.450 e. The molecule has 0 bridgehead atoms. The molecular formula is C24H30ClN5O4. The number of carbonyl (C=O) groups excluding carboxylic acids is 2. The summed E-state index contributed by atoms with van der Waals surface area (Å²) in [5.74, 6) is 0.554. The largest absolute Gasteiger partial charge is 0.450 e. The molecule has 3 heterocycles.